The van der Waals surface area contributed by atoms with Crippen molar-refractivity contribution in [2.75, 3.05) is 18.4 Å². The van der Waals surface area contributed by atoms with E-state index in [1.807, 2.05) is 12.1 Å². The number of hydrogen-bond acceptors (Lipinski definition) is 3. The zero-order chi connectivity index (χ0) is 17.6. The monoisotopic (exact) mass is 345 g/mol. The number of anilines is 1. The number of pyridine rings is 1. The fourth-order valence-electron chi connectivity index (χ4n) is 3.07. The molecule has 0 bridgehead atoms. The van der Waals surface area contributed by atoms with E-state index in [4.69, 9.17) is 0 Å². The first-order valence-electron chi connectivity index (χ1n) is 8.54. The van der Waals surface area contributed by atoms with E-state index in [9.17, 15) is 13.6 Å². The van der Waals surface area contributed by atoms with Crippen molar-refractivity contribution in [3.8, 4) is 0 Å². The first kappa shape index (κ1) is 17.5. The molecule has 2 heterocycles. The van der Waals surface area contributed by atoms with Gasteiger partial charge >= 0.3 is 0 Å². The number of hydrogen-bond donors (Lipinski definition) is 2. The van der Waals surface area contributed by atoms with Gasteiger partial charge in [0, 0.05) is 11.8 Å². The second-order valence-electron chi connectivity index (χ2n) is 6.39. The molecule has 1 aliphatic heterocycles. The lowest BCUT2D eigenvalue weighted by Gasteiger charge is -2.22. The van der Waals surface area contributed by atoms with Crippen LogP contribution in [0.1, 0.15) is 35.3 Å². The molecule has 132 valence electrons. The van der Waals surface area contributed by atoms with Gasteiger partial charge in [-0.2, -0.15) is 0 Å². The predicted molar refractivity (Wildman–Crippen MR) is 92.5 cm³/mol. The van der Waals surface area contributed by atoms with Crippen molar-refractivity contribution in [2.24, 2.45) is 5.92 Å². The van der Waals surface area contributed by atoms with Crippen LogP contribution in [0.4, 0.5) is 14.5 Å². The van der Waals surface area contributed by atoms with Crippen molar-refractivity contribution in [2.45, 2.75) is 25.7 Å². The van der Waals surface area contributed by atoms with E-state index in [1.165, 1.54) is 18.4 Å². The van der Waals surface area contributed by atoms with Gasteiger partial charge in [-0.1, -0.05) is 12.1 Å². The third-order valence-electron chi connectivity index (χ3n) is 4.47. The summed E-state index contributed by atoms with van der Waals surface area (Å²) in [4.78, 5) is 15.5. The quantitative estimate of drug-likeness (QED) is 0.871. The SMILES string of the molecule is O=C(Nc1ccc(CC[C@@H]2CCCNC2)cc1)c1ncc(F)cc1F. The van der Waals surface area contributed by atoms with Crippen LogP contribution in [0.5, 0.6) is 0 Å². The van der Waals surface area contributed by atoms with Gasteiger partial charge in [-0.3, -0.25) is 4.79 Å². The fraction of sp³-hybridized carbons (Fsp3) is 0.368. The van der Waals surface area contributed by atoms with Gasteiger partial charge in [-0.25, -0.2) is 13.8 Å². The highest BCUT2D eigenvalue weighted by Crippen LogP contribution is 2.19. The predicted octanol–water partition coefficient (Wildman–Crippen LogP) is 3.54. The number of halogens is 2. The Kier molecular flexibility index (Phi) is 5.71. The molecule has 0 aliphatic carbocycles. The summed E-state index contributed by atoms with van der Waals surface area (Å²) in [6, 6.07) is 8.13. The standard InChI is InChI=1S/C19H21F2N3O/c20-15-10-17(21)18(23-12-15)19(25)24-16-7-5-13(6-8-16)3-4-14-2-1-9-22-11-14/h5-8,10,12,14,22H,1-4,9,11H2,(H,24,25)/t14-/m0/s1. The molecule has 2 N–H and O–H groups in total. The van der Waals surface area contributed by atoms with E-state index in [1.54, 1.807) is 12.1 Å². The number of nitrogens with one attached hydrogen (secondary N) is 2. The van der Waals surface area contributed by atoms with Gasteiger partial charge in [0.05, 0.1) is 6.20 Å². The molecule has 0 spiro atoms. The molecule has 6 heteroatoms. The molecule has 3 rings (SSSR count). The highest BCUT2D eigenvalue weighted by molar-refractivity contribution is 6.02. The molecule has 1 amide bonds. The number of benzene rings is 1. The maximum Gasteiger partial charge on any atom is 0.277 e. The lowest BCUT2D eigenvalue weighted by Crippen LogP contribution is -2.29. The summed E-state index contributed by atoms with van der Waals surface area (Å²) in [5.41, 5.74) is 1.34. The Balaban J connectivity index is 1.55. The number of carbonyl (C=O) groups is 1. The Labute approximate surface area is 145 Å². The molecular formula is C19H21F2N3O. The minimum absolute atomic E-state index is 0.421. The topological polar surface area (TPSA) is 54.0 Å². The molecule has 1 saturated heterocycles. The van der Waals surface area contributed by atoms with Crippen molar-refractivity contribution in [1.82, 2.24) is 10.3 Å². The van der Waals surface area contributed by atoms with Crippen LogP contribution in [-0.2, 0) is 6.42 Å². The normalized spacial score (nSPS) is 17.3. The Morgan fingerprint density at radius 3 is 2.76 bits per heavy atom. The van der Waals surface area contributed by atoms with Gasteiger partial charge in [0.1, 0.15) is 5.82 Å². The minimum atomic E-state index is -0.977. The van der Waals surface area contributed by atoms with Crippen LogP contribution in [0.3, 0.4) is 0 Å². The second kappa shape index (κ2) is 8.16. The van der Waals surface area contributed by atoms with Gasteiger partial charge in [0.25, 0.3) is 5.91 Å². The number of carbonyl (C=O) groups excluding carboxylic acids is 1. The maximum atomic E-state index is 13.6. The van der Waals surface area contributed by atoms with Gasteiger partial charge in [-0.05, 0) is 62.4 Å². The summed E-state index contributed by atoms with van der Waals surface area (Å²) in [5.74, 6) is -1.76. The number of aromatic nitrogens is 1. The zero-order valence-corrected chi connectivity index (χ0v) is 13.9. The first-order valence-corrected chi connectivity index (χ1v) is 8.54. The van der Waals surface area contributed by atoms with Crippen LogP contribution in [0, 0.1) is 17.6 Å². The number of amides is 1. The largest absolute Gasteiger partial charge is 0.321 e. The number of rotatable bonds is 5. The van der Waals surface area contributed by atoms with E-state index < -0.39 is 23.2 Å². The molecule has 1 aliphatic rings. The smallest absolute Gasteiger partial charge is 0.277 e. The molecule has 4 nitrogen and oxygen atoms in total. The summed E-state index contributed by atoms with van der Waals surface area (Å²) in [6.07, 6.45) is 5.47. The van der Waals surface area contributed by atoms with Gasteiger partial charge in [-0.15, -0.1) is 0 Å². The van der Waals surface area contributed by atoms with Crippen LogP contribution in [0.25, 0.3) is 0 Å². The lowest BCUT2D eigenvalue weighted by atomic mass is 9.93. The van der Waals surface area contributed by atoms with Crippen LogP contribution in [0.15, 0.2) is 36.5 Å². The minimum Gasteiger partial charge on any atom is -0.321 e. The molecule has 25 heavy (non-hydrogen) atoms. The Morgan fingerprint density at radius 1 is 1.28 bits per heavy atom. The molecule has 0 saturated carbocycles. The summed E-state index contributed by atoms with van der Waals surface area (Å²) >= 11 is 0. The average Bonchev–Trinajstić information content (AvgIpc) is 2.62. The van der Waals surface area contributed by atoms with Crippen LogP contribution in [-0.4, -0.2) is 24.0 Å². The lowest BCUT2D eigenvalue weighted by molar-refractivity contribution is 0.101. The van der Waals surface area contributed by atoms with Crippen molar-refractivity contribution >= 4 is 11.6 Å². The molecule has 0 radical (unpaired) electrons. The molecule has 0 unspecified atom stereocenters. The maximum absolute atomic E-state index is 13.6. The Bertz CT molecular complexity index is 728. The van der Waals surface area contributed by atoms with Gasteiger partial charge in [0.2, 0.25) is 0 Å². The highest BCUT2D eigenvalue weighted by atomic mass is 19.1. The first-order chi connectivity index (χ1) is 12.1. The summed E-state index contributed by atoms with van der Waals surface area (Å²) in [6.45, 7) is 2.21. The highest BCUT2D eigenvalue weighted by Gasteiger charge is 2.15. The van der Waals surface area contributed by atoms with E-state index in [0.717, 1.165) is 38.0 Å². The van der Waals surface area contributed by atoms with Crippen LogP contribution >= 0.6 is 0 Å². The third-order valence-corrected chi connectivity index (χ3v) is 4.47. The van der Waals surface area contributed by atoms with Crippen molar-refractivity contribution in [3.63, 3.8) is 0 Å². The second-order valence-corrected chi connectivity index (χ2v) is 6.39. The van der Waals surface area contributed by atoms with Crippen LogP contribution < -0.4 is 10.6 Å². The van der Waals surface area contributed by atoms with E-state index in [0.29, 0.717) is 11.8 Å². The Hall–Kier alpha value is -2.34. The van der Waals surface area contributed by atoms with Gasteiger partial charge in [0.15, 0.2) is 11.5 Å². The zero-order valence-electron chi connectivity index (χ0n) is 13.9. The molecule has 2 aromatic rings. The van der Waals surface area contributed by atoms with Crippen LogP contribution in [0.2, 0.25) is 0 Å². The van der Waals surface area contributed by atoms with E-state index in [2.05, 4.69) is 15.6 Å². The third kappa shape index (κ3) is 4.82. The van der Waals surface area contributed by atoms with Crippen molar-refractivity contribution < 1.29 is 13.6 Å². The van der Waals surface area contributed by atoms with E-state index >= 15 is 0 Å². The number of piperidine rings is 1. The van der Waals surface area contributed by atoms with Crippen molar-refractivity contribution in [3.05, 3.63) is 59.4 Å². The Morgan fingerprint density at radius 2 is 2.08 bits per heavy atom. The molecule has 1 fully saturated rings. The summed E-state index contributed by atoms with van der Waals surface area (Å²) < 4.78 is 26.4. The molecule has 1 aromatic carbocycles. The molecule has 1 aromatic heterocycles. The molecule has 1 atom stereocenters. The number of aryl methyl sites for hydroxylation is 1. The fourth-order valence-corrected chi connectivity index (χ4v) is 3.07. The molecular weight excluding hydrogens is 324 g/mol. The van der Waals surface area contributed by atoms with Gasteiger partial charge < -0.3 is 10.6 Å². The van der Waals surface area contributed by atoms with E-state index in [-0.39, 0.29) is 0 Å². The summed E-state index contributed by atoms with van der Waals surface area (Å²) in [7, 11) is 0. The number of nitrogens with zero attached hydrogens (tertiary/aromatic N) is 1. The van der Waals surface area contributed by atoms with Crippen molar-refractivity contribution in [1.29, 1.82) is 0 Å². The summed E-state index contributed by atoms with van der Waals surface area (Å²) in [5, 5.41) is 6.00. The average molecular weight is 345 g/mol.